The molecule has 1 heterocycles. The summed E-state index contributed by atoms with van der Waals surface area (Å²) >= 11 is 0. The number of para-hydroxylation sites is 1. The fraction of sp³-hybridized carbons (Fsp3) is 0.154. The third kappa shape index (κ3) is 1.99. The molecule has 0 fully saturated rings. The largest absolute Gasteiger partial charge is 0.284 e. The van der Waals surface area contributed by atoms with Gasteiger partial charge in [0.2, 0.25) is 0 Å². The smallest absolute Gasteiger partial charge is 0.255 e. The molecule has 0 aliphatic heterocycles. The zero-order valence-corrected chi connectivity index (χ0v) is 8.32. The molecule has 15 heavy (non-hydrogen) atoms. The molecule has 0 aliphatic rings. The van der Waals surface area contributed by atoms with Gasteiger partial charge >= 0.3 is 0 Å². The molecule has 0 aliphatic carbocycles. The maximum atomic E-state index is 12.0. The van der Waals surface area contributed by atoms with E-state index in [-0.39, 0.29) is 17.8 Å². The van der Waals surface area contributed by atoms with Crippen LogP contribution in [0.15, 0.2) is 53.4 Å². The van der Waals surface area contributed by atoms with Crippen molar-refractivity contribution >= 4 is 0 Å². The number of rotatable bonds is 2. The molecule has 0 spiro atoms. The van der Waals surface area contributed by atoms with Gasteiger partial charge in [0.1, 0.15) is 0 Å². The first-order valence-electron chi connectivity index (χ1n) is 6.61. The SMILES string of the molecule is [2H]c1cc(C([2H])([2H])C)c([2H])n(-c2ccccc2)c1=O. The minimum absolute atomic E-state index is 0.0287. The number of pyridine rings is 1. The molecule has 2 aromatic rings. The molecule has 0 amide bonds. The van der Waals surface area contributed by atoms with Crippen LogP contribution in [-0.4, -0.2) is 4.57 Å². The molecule has 76 valence electrons. The molecule has 0 saturated heterocycles. The van der Waals surface area contributed by atoms with Crippen LogP contribution in [0.4, 0.5) is 0 Å². The van der Waals surface area contributed by atoms with Crippen molar-refractivity contribution in [3.63, 3.8) is 0 Å². The summed E-state index contributed by atoms with van der Waals surface area (Å²) in [7, 11) is 0. The zero-order chi connectivity index (χ0) is 14.2. The van der Waals surface area contributed by atoms with Crippen molar-refractivity contribution in [2.45, 2.75) is 13.3 Å². The van der Waals surface area contributed by atoms with Crippen molar-refractivity contribution in [1.29, 1.82) is 0 Å². The Morgan fingerprint density at radius 3 is 2.73 bits per heavy atom. The molecule has 0 atom stereocenters. The second kappa shape index (κ2) is 4.13. The standard InChI is InChI=1S/C13H13NO/c1-2-11-8-9-13(15)14(10-11)12-6-4-3-5-7-12/h3-10H,2H2,1H3/i2D2,9D,10D. The average Bonchev–Trinajstić information content (AvgIpc) is 2.34. The number of hydrogen-bond donors (Lipinski definition) is 0. The van der Waals surface area contributed by atoms with Crippen LogP contribution in [-0.2, 0) is 6.37 Å². The predicted molar refractivity (Wildman–Crippen MR) is 61.4 cm³/mol. The van der Waals surface area contributed by atoms with Gasteiger partial charge in [-0.05, 0) is 24.1 Å². The lowest BCUT2D eigenvalue weighted by Crippen LogP contribution is -2.16. The predicted octanol–water partition coefficient (Wildman–Crippen LogP) is 2.40. The van der Waals surface area contributed by atoms with Crippen LogP contribution in [0.1, 0.15) is 18.0 Å². The Bertz CT molecular complexity index is 659. The van der Waals surface area contributed by atoms with Crippen molar-refractivity contribution in [3.05, 3.63) is 64.5 Å². The number of aryl methyl sites for hydroxylation is 1. The Morgan fingerprint density at radius 2 is 2.07 bits per heavy atom. The second-order valence-electron chi connectivity index (χ2n) is 3.04. The van der Waals surface area contributed by atoms with Crippen molar-refractivity contribution in [2.24, 2.45) is 0 Å². The van der Waals surface area contributed by atoms with E-state index in [1.807, 2.05) is 0 Å². The van der Waals surface area contributed by atoms with Crippen LogP contribution in [0.3, 0.4) is 0 Å². The first kappa shape index (κ1) is 5.91. The first-order chi connectivity index (χ1) is 8.82. The molecule has 1 aromatic carbocycles. The van der Waals surface area contributed by atoms with Gasteiger partial charge in [-0.3, -0.25) is 9.36 Å². The number of benzene rings is 1. The Morgan fingerprint density at radius 1 is 1.33 bits per heavy atom. The summed E-state index contributed by atoms with van der Waals surface area (Å²) in [5.74, 6) is 0. The van der Waals surface area contributed by atoms with Gasteiger partial charge in [0, 0.05) is 20.6 Å². The third-order valence-electron chi connectivity index (χ3n) is 2.06. The molecule has 0 bridgehead atoms. The lowest BCUT2D eigenvalue weighted by atomic mass is 10.2. The molecule has 0 saturated carbocycles. The molecular weight excluding hydrogens is 186 g/mol. The highest BCUT2D eigenvalue weighted by Crippen LogP contribution is 2.05. The van der Waals surface area contributed by atoms with E-state index in [1.165, 1.54) is 6.92 Å². The van der Waals surface area contributed by atoms with Crippen molar-refractivity contribution < 1.29 is 5.48 Å². The van der Waals surface area contributed by atoms with Gasteiger partial charge in [-0.2, -0.15) is 0 Å². The topological polar surface area (TPSA) is 22.0 Å². The van der Waals surface area contributed by atoms with Crippen LogP contribution >= 0.6 is 0 Å². The monoisotopic (exact) mass is 203 g/mol. The van der Waals surface area contributed by atoms with E-state index in [1.54, 1.807) is 30.3 Å². The Hall–Kier alpha value is -1.83. The molecule has 1 aromatic heterocycles. The molecule has 2 rings (SSSR count). The highest BCUT2D eigenvalue weighted by molar-refractivity contribution is 5.32. The van der Waals surface area contributed by atoms with Gasteiger partial charge in [0.25, 0.3) is 5.56 Å². The van der Waals surface area contributed by atoms with Gasteiger partial charge in [0.15, 0.2) is 0 Å². The van der Waals surface area contributed by atoms with Crippen LogP contribution in [0.5, 0.6) is 0 Å². The number of hydrogen-bond acceptors (Lipinski definition) is 1. The van der Waals surface area contributed by atoms with E-state index < -0.39 is 11.9 Å². The maximum Gasteiger partial charge on any atom is 0.255 e. The minimum Gasteiger partial charge on any atom is -0.284 e. The maximum absolute atomic E-state index is 12.0. The summed E-state index contributed by atoms with van der Waals surface area (Å²) in [6.45, 7) is 1.31. The highest BCUT2D eigenvalue weighted by Gasteiger charge is 1.99. The molecule has 2 heteroatoms. The molecule has 0 N–H and O–H groups in total. The number of aromatic nitrogens is 1. The Labute approximate surface area is 94.4 Å². The third-order valence-corrected chi connectivity index (χ3v) is 2.06. The fourth-order valence-electron chi connectivity index (χ4n) is 1.29. The summed E-state index contributed by atoms with van der Waals surface area (Å²) in [6.07, 6.45) is -2.00. The minimum atomic E-state index is -1.78. The van der Waals surface area contributed by atoms with E-state index in [0.717, 1.165) is 10.6 Å². The quantitative estimate of drug-likeness (QED) is 0.734. The van der Waals surface area contributed by atoms with E-state index in [4.69, 9.17) is 5.48 Å². The Kier molecular flexibility index (Phi) is 1.63. The lowest BCUT2D eigenvalue weighted by Gasteiger charge is -2.06. The Balaban J connectivity index is 2.82. The van der Waals surface area contributed by atoms with Crippen molar-refractivity contribution in [3.8, 4) is 5.69 Å². The normalized spacial score (nSPS) is 15.0. The summed E-state index contributed by atoms with van der Waals surface area (Å²) in [5.41, 5.74) is -0.137. The van der Waals surface area contributed by atoms with E-state index in [2.05, 4.69) is 0 Å². The van der Waals surface area contributed by atoms with Crippen LogP contribution < -0.4 is 5.56 Å². The van der Waals surface area contributed by atoms with Crippen molar-refractivity contribution in [2.75, 3.05) is 0 Å². The van der Waals surface area contributed by atoms with Gasteiger partial charge in [-0.1, -0.05) is 31.2 Å². The highest BCUT2D eigenvalue weighted by atomic mass is 16.1. The van der Waals surface area contributed by atoms with Crippen LogP contribution in [0.25, 0.3) is 5.69 Å². The first-order valence-corrected chi connectivity index (χ1v) is 4.61. The summed E-state index contributed by atoms with van der Waals surface area (Å²) < 4.78 is 32.1. The summed E-state index contributed by atoms with van der Waals surface area (Å²) in [6, 6.07) is 9.32. The molecule has 0 radical (unpaired) electrons. The zero-order valence-electron chi connectivity index (χ0n) is 12.3. The lowest BCUT2D eigenvalue weighted by molar-refractivity contribution is 0.953. The molecule has 0 unspecified atom stereocenters. The average molecular weight is 203 g/mol. The van der Waals surface area contributed by atoms with Gasteiger partial charge < -0.3 is 0 Å². The summed E-state index contributed by atoms with van der Waals surface area (Å²) in [4.78, 5) is 12.0. The molecule has 2 nitrogen and oxygen atoms in total. The summed E-state index contributed by atoms with van der Waals surface area (Å²) in [5, 5.41) is 0. The molecular formula is C13H13NO. The fourth-order valence-corrected chi connectivity index (χ4v) is 1.29. The van der Waals surface area contributed by atoms with E-state index in [0.29, 0.717) is 5.69 Å². The van der Waals surface area contributed by atoms with Crippen molar-refractivity contribution in [1.82, 2.24) is 4.57 Å². The van der Waals surface area contributed by atoms with Gasteiger partial charge in [-0.15, -0.1) is 0 Å². The second-order valence-corrected chi connectivity index (χ2v) is 3.04. The number of nitrogens with zero attached hydrogens (tertiary/aromatic N) is 1. The van der Waals surface area contributed by atoms with Crippen LogP contribution in [0, 0.1) is 0 Å². The van der Waals surface area contributed by atoms with Gasteiger partial charge in [-0.25, -0.2) is 0 Å². The van der Waals surface area contributed by atoms with Crippen LogP contribution in [0.2, 0.25) is 0 Å². The van der Waals surface area contributed by atoms with E-state index in [9.17, 15) is 4.79 Å². The van der Waals surface area contributed by atoms with Gasteiger partial charge in [0.05, 0.1) is 2.74 Å². The van der Waals surface area contributed by atoms with E-state index >= 15 is 0 Å².